The van der Waals surface area contributed by atoms with E-state index < -0.39 is 0 Å². The molecule has 2 rings (SSSR count). The highest BCUT2D eigenvalue weighted by Crippen LogP contribution is 2.30. The minimum absolute atomic E-state index is 1.26. The molecule has 0 bridgehead atoms. The van der Waals surface area contributed by atoms with E-state index in [4.69, 9.17) is 0 Å². The summed E-state index contributed by atoms with van der Waals surface area (Å²) in [5.74, 6) is 0. The fraction of sp³-hybridized carbons (Fsp3) is 0.760. The summed E-state index contributed by atoms with van der Waals surface area (Å²) in [4.78, 5) is 0. The van der Waals surface area contributed by atoms with Crippen LogP contribution in [0.3, 0.4) is 0 Å². The van der Waals surface area contributed by atoms with Crippen molar-refractivity contribution in [2.24, 2.45) is 0 Å². The van der Waals surface area contributed by atoms with Gasteiger partial charge in [-0.25, -0.2) is 0 Å². The van der Waals surface area contributed by atoms with E-state index in [1.54, 1.807) is 5.69 Å². The van der Waals surface area contributed by atoms with Crippen molar-refractivity contribution in [3.8, 4) is 0 Å². The van der Waals surface area contributed by atoms with Crippen molar-refractivity contribution in [1.82, 2.24) is 4.48 Å². The van der Waals surface area contributed by atoms with Crippen LogP contribution in [-0.2, 0) is 0 Å². The van der Waals surface area contributed by atoms with E-state index in [0.29, 0.717) is 0 Å². The van der Waals surface area contributed by atoms with E-state index in [0.717, 1.165) is 0 Å². The molecule has 0 unspecified atom stereocenters. The zero-order chi connectivity index (χ0) is 18.3. The maximum Gasteiger partial charge on any atom is 0.132 e. The third kappa shape index (κ3) is 7.82. The molecule has 0 aliphatic carbocycles. The number of nitrogens with zero attached hydrogens (tertiary/aromatic N) is 1. The largest absolute Gasteiger partial charge is 0.291 e. The fourth-order valence-electron chi connectivity index (χ4n) is 4.73. The Morgan fingerprint density at radius 3 is 1.58 bits per heavy atom. The lowest BCUT2D eigenvalue weighted by Gasteiger charge is -2.34. The quantitative estimate of drug-likeness (QED) is 0.221. The van der Waals surface area contributed by atoms with Crippen LogP contribution in [0.4, 0.5) is 5.69 Å². The maximum absolute atomic E-state index is 2.35. The summed E-state index contributed by atoms with van der Waals surface area (Å²) in [5.41, 5.74) is 1.56. The molecular formula is C25H44N+. The first-order chi connectivity index (χ1) is 12.9. The summed E-state index contributed by atoms with van der Waals surface area (Å²) in [6, 6.07) is 11.3. The van der Waals surface area contributed by atoms with Crippen LogP contribution in [0.2, 0.25) is 0 Å². The highest BCUT2D eigenvalue weighted by atomic mass is 15.4. The first-order valence-corrected chi connectivity index (χ1v) is 11.8. The molecule has 0 N–H and O–H groups in total. The molecule has 1 saturated heterocycles. The van der Waals surface area contributed by atoms with Gasteiger partial charge in [-0.15, -0.1) is 0 Å². The van der Waals surface area contributed by atoms with Gasteiger partial charge in [-0.1, -0.05) is 95.8 Å². The lowest BCUT2D eigenvalue weighted by Crippen LogP contribution is -2.47. The van der Waals surface area contributed by atoms with Crippen molar-refractivity contribution in [3.63, 3.8) is 0 Å². The van der Waals surface area contributed by atoms with Gasteiger partial charge in [0.05, 0.1) is 19.6 Å². The summed E-state index contributed by atoms with van der Waals surface area (Å²) >= 11 is 0. The lowest BCUT2D eigenvalue weighted by atomic mass is 10.0. The molecule has 1 aliphatic heterocycles. The van der Waals surface area contributed by atoms with Crippen molar-refractivity contribution in [1.29, 1.82) is 0 Å². The second-order valence-electron chi connectivity index (χ2n) is 8.60. The van der Waals surface area contributed by atoms with Crippen LogP contribution in [0.15, 0.2) is 30.3 Å². The molecule has 0 spiro atoms. The van der Waals surface area contributed by atoms with Gasteiger partial charge in [0.1, 0.15) is 5.69 Å². The van der Waals surface area contributed by atoms with Gasteiger partial charge in [-0.3, -0.25) is 4.48 Å². The van der Waals surface area contributed by atoms with Gasteiger partial charge in [0, 0.05) is 12.8 Å². The smallest absolute Gasteiger partial charge is 0.132 e. The van der Waals surface area contributed by atoms with E-state index in [2.05, 4.69) is 37.3 Å². The second-order valence-corrected chi connectivity index (χ2v) is 8.60. The number of unbranched alkanes of at least 4 members (excludes halogenated alkanes) is 12. The van der Waals surface area contributed by atoms with Gasteiger partial charge in [-0.05, 0) is 25.0 Å². The molecule has 1 heterocycles. The van der Waals surface area contributed by atoms with Gasteiger partial charge in [0.2, 0.25) is 0 Å². The van der Waals surface area contributed by atoms with E-state index in [9.17, 15) is 0 Å². The molecule has 148 valence electrons. The Labute approximate surface area is 163 Å². The second kappa shape index (κ2) is 13.4. The summed E-state index contributed by atoms with van der Waals surface area (Å²) in [6.45, 7) is 6.39. The number of benzene rings is 1. The van der Waals surface area contributed by atoms with Gasteiger partial charge in [-0.2, -0.15) is 0 Å². The summed E-state index contributed by atoms with van der Waals surface area (Å²) in [5, 5.41) is 0. The number of hydrogen-bond donors (Lipinski definition) is 0. The Morgan fingerprint density at radius 2 is 1.08 bits per heavy atom. The number of hydrogen-bond acceptors (Lipinski definition) is 0. The molecule has 1 fully saturated rings. The van der Waals surface area contributed by atoms with Crippen LogP contribution < -0.4 is 4.48 Å². The molecule has 1 aliphatic rings. The summed E-state index contributed by atoms with van der Waals surface area (Å²) in [7, 11) is 0. The molecule has 26 heavy (non-hydrogen) atoms. The standard InChI is InChI=1S/C25H44N/c1-2-3-4-5-6-7-8-9-10-11-12-13-17-22-26(23-18-19-24-26)25-20-15-14-16-21-25/h14-16,20-21H,2-13,17-19,22-24H2,1H3/q+1. The van der Waals surface area contributed by atoms with E-state index >= 15 is 0 Å². The Balaban J connectivity index is 1.47. The Bertz CT molecular complexity index is 433. The van der Waals surface area contributed by atoms with Crippen molar-refractivity contribution < 1.29 is 0 Å². The molecule has 0 atom stereocenters. The van der Waals surface area contributed by atoms with Crippen molar-refractivity contribution >= 4 is 5.69 Å². The van der Waals surface area contributed by atoms with Crippen LogP contribution in [0, 0.1) is 0 Å². The first kappa shape index (κ1) is 21.5. The fourth-order valence-corrected chi connectivity index (χ4v) is 4.73. The molecule has 1 nitrogen and oxygen atoms in total. The van der Waals surface area contributed by atoms with Crippen LogP contribution in [-0.4, -0.2) is 19.6 Å². The number of rotatable bonds is 15. The number of likely N-dealkylation sites (tertiary alicyclic amines) is 1. The van der Waals surface area contributed by atoms with Gasteiger partial charge in [0.25, 0.3) is 0 Å². The van der Waals surface area contributed by atoms with Crippen molar-refractivity contribution in [2.75, 3.05) is 19.6 Å². The Morgan fingerprint density at radius 1 is 0.615 bits per heavy atom. The highest BCUT2D eigenvalue weighted by molar-refractivity contribution is 5.43. The minimum Gasteiger partial charge on any atom is -0.291 e. The van der Waals surface area contributed by atoms with Crippen LogP contribution in [0.25, 0.3) is 0 Å². The average molecular weight is 359 g/mol. The molecular weight excluding hydrogens is 314 g/mol. The van der Waals surface area contributed by atoms with Gasteiger partial charge >= 0.3 is 0 Å². The van der Waals surface area contributed by atoms with Crippen molar-refractivity contribution in [3.05, 3.63) is 30.3 Å². The molecule has 0 amide bonds. The summed E-state index contributed by atoms with van der Waals surface area (Å²) < 4.78 is 1.26. The zero-order valence-corrected chi connectivity index (χ0v) is 17.6. The monoisotopic (exact) mass is 358 g/mol. The van der Waals surface area contributed by atoms with Crippen LogP contribution >= 0.6 is 0 Å². The molecule has 1 aromatic carbocycles. The van der Waals surface area contributed by atoms with Gasteiger partial charge < -0.3 is 0 Å². The molecule has 1 aromatic rings. The average Bonchev–Trinajstić information content (AvgIpc) is 3.16. The topological polar surface area (TPSA) is 0 Å². The Kier molecular flexibility index (Phi) is 11.0. The van der Waals surface area contributed by atoms with Crippen LogP contribution in [0.5, 0.6) is 0 Å². The van der Waals surface area contributed by atoms with E-state index in [1.807, 2.05) is 0 Å². The molecule has 1 heteroatoms. The molecule has 0 radical (unpaired) electrons. The predicted octanol–water partition coefficient (Wildman–Crippen LogP) is 7.88. The van der Waals surface area contributed by atoms with Crippen molar-refractivity contribution in [2.45, 2.75) is 103 Å². The Hall–Kier alpha value is -0.820. The minimum atomic E-state index is 1.26. The summed E-state index contributed by atoms with van der Waals surface area (Å²) in [6.07, 6.45) is 21.7. The zero-order valence-electron chi connectivity index (χ0n) is 17.6. The number of para-hydroxylation sites is 1. The maximum atomic E-state index is 2.35. The third-order valence-electron chi connectivity index (χ3n) is 6.42. The lowest BCUT2D eigenvalue weighted by molar-refractivity contribution is 0.322. The SMILES string of the molecule is CCCCCCCCCCCCCCC[N+]1(c2ccccc2)CCCC1. The number of quaternary nitrogens is 1. The van der Waals surface area contributed by atoms with E-state index in [-0.39, 0.29) is 0 Å². The normalized spacial score (nSPS) is 16.2. The van der Waals surface area contributed by atoms with E-state index in [1.165, 1.54) is 120 Å². The predicted molar refractivity (Wildman–Crippen MR) is 118 cm³/mol. The highest BCUT2D eigenvalue weighted by Gasteiger charge is 2.33. The van der Waals surface area contributed by atoms with Gasteiger partial charge in [0.15, 0.2) is 0 Å². The molecule has 0 saturated carbocycles. The molecule has 0 aromatic heterocycles. The van der Waals surface area contributed by atoms with Crippen LogP contribution in [0.1, 0.15) is 103 Å². The third-order valence-corrected chi connectivity index (χ3v) is 6.42. The first-order valence-electron chi connectivity index (χ1n) is 11.8.